The summed E-state index contributed by atoms with van der Waals surface area (Å²) >= 11 is 1.41. The van der Waals surface area contributed by atoms with Crippen LogP contribution in [0.2, 0.25) is 0 Å². The molecule has 5 aromatic rings. The van der Waals surface area contributed by atoms with Gasteiger partial charge in [0.25, 0.3) is 5.91 Å². The number of carbonyl (C=O) groups is 1. The Morgan fingerprint density at radius 2 is 1.61 bits per heavy atom. The highest BCUT2D eigenvalue weighted by Gasteiger charge is 2.20. The molecule has 6 heteroatoms. The van der Waals surface area contributed by atoms with Crippen LogP contribution in [0.4, 0.5) is 5.13 Å². The molecule has 0 saturated carbocycles. The number of nitrogens with one attached hydrogen (secondary N) is 1. The van der Waals surface area contributed by atoms with Crippen LogP contribution in [0.1, 0.15) is 15.9 Å². The van der Waals surface area contributed by atoms with Crippen molar-refractivity contribution in [1.82, 2.24) is 9.97 Å². The Bertz CT molecular complexity index is 1440. The van der Waals surface area contributed by atoms with Gasteiger partial charge in [0.1, 0.15) is 5.75 Å². The first kappa shape index (κ1) is 20.8. The van der Waals surface area contributed by atoms with E-state index in [4.69, 9.17) is 9.72 Å². The van der Waals surface area contributed by atoms with Crippen molar-refractivity contribution in [2.45, 2.75) is 6.92 Å². The molecule has 3 aromatic carbocycles. The third-order valence-electron chi connectivity index (χ3n) is 5.52. The molecule has 0 bridgehead atoms. The number of ether oxygens (including phenoxy) is 1. The molecule has 2 heterocycles. The first-order chi connectivity index (χ1) is 16.1. The fraction of sp³-hybridized carbons (Fsp3) is 0.0741. The van der Waals surface area contributed by atoms with E-state index in [2.05, 4.69) is 10.3 Å². The maximum Gasteiger partial charge on any atom is 0.258 e. The molecule has 0 aliphatic carbocycles. The maximum absolute atomic E-state index is 13.5. The van der Waals surface area contributed by atoms with Crippen molar-refractivity contribution < 1.29 is 9.53 Å². The number of nitrogens with zero attached hydrogens (tertiary/aromatic N) is 2. The van der Waals surface area contributed by atoms with Crippen molar-refractivity contribution in [3.05, 3.63) is 95.4 Å². The molecule has 0 fully saturated rings. The van der Waals surface area contributed by atoms with Crippen molar-refractivity contribution in [2.24, 2.45) is 0 Å². The number of carbonyl (C=O) groups excluding carboxylic acids is 1. The van der Waals surface area contributed by atoms with Crippen LogP contribution in [-0.4, -0.2) is 23.0 Å². The second-order valence-corrected chi connectivity index (χ2v) is 8.42. The predicted molar refractivity (Wildman–Crippen MR) is 134 cm³/mol. The van der Waals surface area contributed by atoms with E-state index < -0.39 is 0 Å². The molecule has 1 N–H and O–H groups in total. The number of aromatic nitrogens is 2. The van der Waals surface area contributed by atoms with Gasteiger partial charge in [-0.05, 0) is 42.8 Å². The molecule has 0 radical (unpaired) electrons. The van der Waals surface area contributed by atoms with Crippen LogP contribution < -0.4 is 10.1 Å². The molecular weight excluding hydrogens is 430 g/mol. The monoisotopic (exact) mass is 451 g/mol. The van der Waals surface area contributed by atoms with Crippen LogP contribution in [0.5, 0.6) is 5.75 Å². The number of hydrogen-bond donors (Lipinski definition) is 1. The Morgan fingerprint density at radius 3 is 2.36 bits per heavy atom. The number of amides is 1. The minimum absolute atomic E-state index is 0.199. The molecule has 33 heavy (non-hydrogen) atoms. The topological polar surface area (TPSA) is 64.1 Å². The first-order valence-corrected chi connectivity index (χ1v) is 11.4. The Balaban J connectivity index is 1.55. The molecule has 0 atom stereocenters. The highest BCUT2D eigenvalue weighted by Crippen LogP contribution is 2.32. The Hall–Kier alpha value is -4.03. The van der Waals surface area contributed by atoms with Gasteiger partial charge in [0.2, 0.25) is 0 Å². The van der Waals surface area contributed by atoms with Gasteiger partial charge < -0.3 is 4.74 Å². The van der Waals surface area contributed by atoms with E-state index in [-0.39, 0.29) is 5.91 Å². The van der Waals surface area contributed by atoms with E-state index in [0.717, 1.165) is 44.7 Å². The Kier molecular flexibility index (Phi) is 5.59. The summed E-state index contributed by atoms with van der Waals surface area (Å²) in [5.41, 5.74) is 5.73. The van der Waals surface area contributed by atoms with Crippen LogP contribution in [-0.2, 0) is 0 Å². The van der Waals surface area contributed by atoms with Gasteiger partial charge in [0, 0.05) is 21.9 Å². The van der Waals surface area contributed by atoms with Gasteiger partial charge in [-0.25, -0.2) is 9.97 Å². The number of thiazole rings is 1. The lowest BCUT2D eigenvalue weighted by atomic mass is 9.97. The standard InChI is InChI=1S/C27H21N3O2S/c1-17-24(26(31)30-27-29-23(16-33-27)18-8-4-3-5-9-18)21-10-6-7-11-22(21)28-25(17)19-12-14-20(32-2)15-13-19/h3-16H,1-2H3,(H,29,30,31). The minimum Gasteiger partial charge on any atom is -0.497 e. The molecule has 0 aliphatic heterocycles. The smallest absolute Gasteiger partial charge is 0.258 e. The SMILES string of the molecule is COc1ccc(-c2nc3ccccc3c(C(=O)Nc3nc(-c4ccccc4)cs3)c2C)cc1. The molecule has 5 nitrogen and oxygen atoms in total. The number of para-hydroxylation sites is 1. The predicted octanol–water partition coefficient (Wildman–Crippen LogP) is 6.59. The number of methoxy groups -OCH3 is 1. The minimum atomic E-state index is -0.199. The van der Waals surface area contributed by atoms with Crippen molar-refractivity contribution in [3.63, 3.8) is 0 Å². The summed E-state index contributed by atoms with van der Waals surface area (Å²) < 4.78 is 5.28. The summed E-state index contributed by atoms with van der Waals surface area (Å²) in [7, 11) is 1.64. The van der Waals surface area contributed by atoms with E-state index in [9.17, 15) is 4.79 Å². The van der Waals surface area contributed by atoms with Gasteiger partial charge in [-0.1, -0.05) is 48.5 Å². The van der Waals surface area contributed by atoms with E-state index in [1.165, 1.54) is 11.3 Å². The van der Waals surface area contributed by atoms with Gasteiger partial charge in [0.05, 0.1) is 29.6 Å². The molecule has 0 spiro atoms. The zero-order chi connectivity index (χ0) is 22.8. The molecule has 162 valence electrons. The average molecular weight is 452 g/mol. The quantitative estimate of drug-likeness (QED) is 0.327. The summed E-state index contributed by atoms with van der Waals surface area (Å²) in [4.78, 5) is 23.0. The van der Waals surface area contributed by atoms with Crippen molar-refractivity contribution >= 4 is 33.3 Å². The lowest BCUT2D eigenvalue weighted by molar-refractivity contribution is 0.102. The summed E-state index contributed by atoms with van der Waals surface area (Å²) in [6.07, 6.45) is 0. The Labute approximate surface area is 195 Å². The van der Waals surface area contributed by atoms with Crippen molar-refractivity contribution in [3.8, 4) is 28.3 Å². The molecule has 2 aromatic heterocycles. The van der Waals surface area contributed by atoms with Gasteiger partial charge >= 0.3 is 0 Å². The van der Waals surface area contributed by atoms with Crippen molar-refractivity contribution in [2.75, 3.05) is 12.4 Å². The highest BCUT2D eigenvalue weighted by atomic mass is 32.1. The fourth-order valence-electron chi connectivity index (χ4n) is 3.86. The Morgan fingerprint density at radius 1 is 0.879 bits per heavy atom. The molecule has 5 rings (SSSR count). The number of hydrogen-bond acceptors (Lipinski definition) is 5. The number of rotatable bonds is 5. The number of pyridine rings is 1. The van der Waals surface area contributed by atoms with Crippen LogP contribution in [0.3, 0.4) is 0 Å². The van der Waals surface area contributed by atoms with E-state index in [0.29, 0.717) is 10.7 Å². The van der Waals surface area contributed by atoms with Gasteiger partial charge in [-0.2, -0.15) is 0 Å². The van der Waals surface area contributed by atoms with Gasteiger partial charge in [-0.3, -0.25) is 10.1 Å². The third kappa shape index (κ3) is 4.08. The number of fused-ring (bicyclic) bond motifs is 1. The zero-order valence-electron chi connectivity index (χ0n) is 18.2. The van der Waals surface area contributed by atoms with E-state index >= 15 is 0 Å². The first-order valence-electron chi connectivity index (χ1n) is 10.5. The third-order valence-corrected chi connectivity index (χ3v) is 6.28. The maximum atomic E-state index is 13.5. The van der Waals surface area contributed by atoms with Crippen LogP contribution >= 0.6 is 11.3 Å². The van der Waals surface area contributed by atoms with Crippen LogP contribution in [0.25, 0.3) is 33.4 Å². The number of anilines is 1. The van der Waals surface area contributed by atoms with Crippen LogP contribution in [0.15, 0.2) is 84.2 Å². The molecule has 1 amide bonds. The average Bonchev–Trinajstić information content (AvgIpc) is 3.32. The summed E-state index contributed by atoms with van der Waals surface area (Å²) in [5, 5.41) is 6.32. The van der Waals surface area contributed by atoms with Gasteiger partial charge in [-0.15, -0.1) is 11.3 Å². The molecule has 0 unspecified atom stereocenters. The highest BCUT2D eigenvalue weighted by molar-refractivity contribution is 7.14. The van der Waals surface area contributed by atoms with E-state index in [1.807, 2.05) is 91.2 Å². The largest absolute Gasteiger partial charge is 0.497 e. The lowest BCUT2D eigenvalue weighted by Gasteiger charge is -2.14. The molecular formula is C27H21N3O2S. The van der Waals surface area contributed by atoms with Crippen molar-refractivity contribution in [1.29, 1.82) is 0 Å². The summed E-state index contributed by atoms with van der Waals surface area (Å²) in [6.45, 7) is 1.94. The second kappa shape index (κ2) is 8.84. The fourth-order valence-corrected chi connectivity index (χ4v) is 4.58. The zero-order valence-corrected chi connectivity index (χ0v) is 19.0. The molecule has 0 saturated heterocycles. The summed E-state index contributed by atoms with van der Waals surface area (Å²) in [5.74, 6) is 0.572. The normalized spacial score (nSPS) is 10.8. The second-order valence-electron chi connectivity index (χ2n) is 7.56. The van der Waals surface area contributed by atoms with Crippen LogP contribution in [0, 0.1) is 6.92 Å². The van der Waals surface area contributed by atoms with E-state index in [1.54, 1.807) is 7.11 Å². The lowest BCUT2D eigenvalue weighted by Crippen LogP contribution is -2.15. The summed E-state index contributed by atoms with van der Waals surface area (Å²) in [6, 6.07) is 25.3. The molecule has 0 aliphatic rings. The van der Waals surface area contributed by atoms with Gasteiger partial charge in [0.15, 0.2) is 5.13 Å². The number of benzene rings is 3.